The molecule has 3 rings (SSSR count). The van der Waals surface area contributed by atoms with Crippen LogP contribution in [0.25, 0.3) is 0 Å². The van der Waals surface area contributed by atoms with Crippen molar-refractivity contribution in [3.8, 4) is 5.75 Å². The quantitative estimate of drug-likeness (QED) is 0.589. The summed E-state index contributed by atoms with van der Waals surface area (Å²) < 4.78 is 11.9. The van der Waals surface area contributed by atoms with Gasteiger partial charge in [0.1, 0.15) is 5.75 Å². The summed E-state index contributed by atoms with van der Waals surface area (Å²) >= 11 is 0. The van der Waals surface area contributed by atoms with Crippen molar-refractivity contribution in [2.75, 3.05) is 39.3 Å². The molecule has 2 unspecified atom stereocenters. The third kappa shape index (κ3) is 5.35. The first-order chi connectivity index (χ1) is 14.4. The molecule has 4 nitrogen and oxygen atoms in total. The Balaban J connectivity index is 1.70. The van der Waals surface area contributed by atoms with Gasteiger partial charge in [0.2, 0.25) is 0 Å². The number of para-hydroxylation sites is 1. The maximum atomic E-state index is 6.13. The summed E-state index contributed by atoms with van der Waals surface area (Å²) in [6.45, 7) is 7.20. The fourth-order valence-corrected chi connectivity index (χ4v) is 4.54. The largest absolute Gasteiger partial charge is 0.496 e. The topological polar surface area (TPSA) is 33.7 Å². The number of methoxy groups -OCH3 is 1. The molecular formula is C26H38N2O2. The van der Waals surface area contributed by atoms with Crippen LogP contribution in [0.4, 0.5) is 5.69 Å². The van der Waals surface area contributed by atoms with Crippen molar-refractivity contribution in [3.05, 3.63) is 59.7 Å². The first kappa shape index (κ1) is 22.6. The van der Waals surface area contributed by atoms with Gasteiger partial charge >= 0.3 is 0 Å². The Kier molecular flexibility index (Phi) is 7.79. The molecule has 0 aromatic heterocycles. The number of nitrogens with zero attached hydrogens (tertiary/aromatic N) is 1. The number of rotatable bonds is 9. The third-order valence-electron chi connectivity index (χ3n) is 6.49. The van der Waals surface area contributed by atoms with Gasteiger partial charge in [-0.2, -0.15) is 0 Å². The smallest absolute Gasteiger partial charge is 0.122 e. The highest BCUT2D eigenvalue weighted by molar-refractivity contribution is 5.46. The van der Waals surface area contributed by atoms with Crippen LogP contribution in [0.1, 0.15) is 44.2 Å². The molecule has 1 aliphatic heterocycles. The normalized spacial score (nSPS) is 21.6. The number of hydrogen-bond acceptors (Lipinski definition) is 4. The van der Waals surface area contributed by atoms with Gasteiger partial charge in [0.15, 0.2) is 0 Å². The molecule has 0 bridgehead atoms. The predicted molar refractivity (Wildman–Crippen MR) is 126 cm³/mol. The molecule has 0 amide bonds. The van der Waals surface area contributed by atoms with Gasteiger partial charge in [-0.05, 0) is 55.5 Å². The maximum absolute atomic E-state index is 6.13. The van der Waals surface area contributed by atoms with Crippen LogP contribution < -0.4 is 15.0 Å². The minimum absolute atomic E-state index is 0.0849. The molecule has 0 saturated carbocycles. The molecule has 4 heteroatoms. The summed E-state index contributed by atoms with van der Waals surface area (Å²) in [5, 5.41) is 3.68. The van der Waals surface area contributed by atoms with Gasteiger partial charge in [0.05, 0.1) is 13.2 Å². The molecule has 0 aliphatic carbocycles. The molecule has 1 heterocycles. The second kappa shape index (κ2) is 10.3. The highest BCUT2D eigenvalue weighted by Gasteiger charge is 2.40. The fourth-order valence-electron chi connectivity index (χ4n) is 4.54. The van der Waals surface area contributed by atoms with Crippen molar-refractivity contribution in [1.82, 2.24) is 5.32 Å². The van der Waals surface area contributed by atoms with Gasteiger partial charge in [-0.3, -0.25) is 0 Å². The number of hydrogen-bond donors (Lipinski definition) is 1. The first-order valence-electron chi connectivity index (χ1n) is 11.2. The Bertz CT molecular complexity index is 788. The van der Waals surface area contributed by atoms with Crippen LogP contribution in [0.2, 0.25) is 0 Å². The minimum Gasteiger partial charge on any atom is -0.496 e. The van der Waals surface area contributed by atoms with Gasteiger partial charge in [-0.1, -0.05) is 44.2 Å². The van der Waals surface area contributed by atoms with Crippen molar-refractivity contribution in [1.29, 1.82) is 0 Å². The maximum Gasteiger partial charge on any atom is 0.122 e. The van der Waals surface area contributed by atoms with Crippen molar-refractivity contribution >= 4 is 5.69 Å². The molecule has 1 N–H and O–H groups in total. The molecule has 30 heavy (non-hydrogen) atoms. The van der Waals surface area contributed by atoms with Gasteiger partial charge in [-0.15, -0.1) is 0 Å². The van der Waals surface area contributed by atoms with E-state index in [4.69, 9.17) is 9.47 Å². The Labute approximate surface area is 182 Å². The molecule has 1 aliphatic rings. The van der Waals surface area contributed by atoms with E-state index in [0.717, 1.165) is 44.7 Å². The van der Waals surface area contributed by atoms with E-state index in [-0.39, 0.29) is 5.41 Å². The van der Waals surface area contributed by atoms with Crippen molar-refractivity contribution < 1.29 is 9.47 Å². The van der Waals surface area contributed by atoms with E-state index in [0.29, 0.717) is 12.0 Å². The Morgan fingerprint density at radius 1 is 1.13 bits per heavy atom. The van der Waals surface area contributed by atoms with Crippen LogP contribution in [-0.2, 0) is 16.7 Å². The van der Waals surface area contributed by atoms with Crippen molar-refractivity contribution in [2.45, 2.75) is 51.2 Å². The Morgan fingerprint density at radius 3 is 2.53 bits per heavy atom. The number of benzene rings is 2. The van der Waals surface area contributed by atoms with Crippen LogP contribution in [0, 0.1) is 5.92 Å². The molecule has 0 spiro atoms. The third-order valence-corrected chi connectivity index (χ3v) is 6.49. The summed E-state index contributed by atoms with van der Waals surface area (Å²) in [6, 6.07) is 17.3. The van der Waals surface area contributed by atoms with Crippen LogP contribution in [0.15, 0.2) is 48.5 Å². The van der Waals surface area contributed by atoms with E-state index in [1.54, 1.807) is 7.11 Å². The number of ether oxygens (including phenoxy) is 2. The lowest BCUT2D eigenvalue weighted by atomic mass is 9.68. The van der Waals surface area contributed by atoms with E-state index in [1.807, 2.05) is 0 Å². The Morgan fingerprint density at radius 2 is 1.87 bits per heavy atom. The molecule has 2 atom stereocenters. The van der Waals surface area contributed by atoms with Crippen LogP contribution in [0.5, 0.6) is 5.75 Å². The highest BCUT2D eigenvalue weighted by atomic mass is 16.5. The monoisotopic (exact) mass is 410 g/mol. The molecular weight excluding hydrogens is 372 g/mol. The molecule has 1 fully saturated rings. The lowest BCUT2D eigenvalue weighted by molar-refractivity contribution is -0.0473. The van der Waals surface area contributed by atoms with Crippen molar-refractivity contribution in [2.24, 2.45) is 5.92 Å². The fraction of sp³-hybridized carbons (Fsp3) is 0.538. The van der Waals surface area contributed by atoms with E-state index in [1.165, 1.54) is 16.8 Å². The summed E-state index contributed by atoms with van der Waals surface area (Å²) in [4.78, 5) is 2.13. The summed E-state index contributed by atoms with van der Waals surface area (Å²) in [7, 11) is 5.92. The average molecular weight is 411 g/mol. The summed E-state index contributed by atoms with van der Waals surface area (Å²) in [6.07, 6.45) is 3.46. The molecule has 2 aromatic carbocycles. The van der Waals surface area contributed by atoms with Crippen molar-refractivity contribution in [3.63, 3.8) is 0 Å². The SMILES string of the molecule is COc1ccccc1C1(CCNCc2ccc(N(C)C)cc2)CCOC(C(C)C)C1. The minimum atomic E-state index is 0.0849. The summed E-state index contributed by atoms with van der Waals surface area (Å²) in [5.41, 5.74) is 3.97. The second-order valence-electron chi connectivity index (χ2n) is 9.08. The number of anilines is 1. The second-order valence-corrected chi connectivity index (χ2v) is 9.08. The van der Waals surface area contributed by atoms with Crippen LogP contribution in [-0.4, -0.2) is 40.5 Å². The molecule has 164 valence electrons. The molecule has 1 saturated heterocycles. The summed E-state index contributed by atoms with van der Waals surface area (Å²) in [5.74, 6) is 1.52. The number of nitrogens with one attached hydrogen (secondary N) is 1. The van der Waals surface area contributed by atoms with E-state index >= 15 is 0 Å². The first-order valence-corrected chi connectivity index (χ1v) is 11.2. The van der Waals surface area contributed by atoms with Crippen LogP contribution >= 0.6 is 0 Å². The van der Waals surface area contributed by atoms with Crippen LogP contribution in [0.3, 0.4) is 0 Å². The zero-order valence-corrected chi connectivity index (χ0v) is 19.3. The van der Waals surface area contributed by atoms with Gasteiger partial charge in [-0.25, -0.2) is 0 Å². The van der Waals surface area contributed by atoms with E-state index in [9.17, 15) is 0 Å². The molecule has 2 aromatic rings. The lowest BCUT2D eigenvalue weighted by Crippen LogP contribution is -2.42. The predicted octanol–water partition coefficient (Wildman–Crippen LogP) is 5.01. The van der Waals surface area contributed by atoms with Gasteiger partial charge in [0, 0.05) is 43.9 Å². The lowest BCUT2D eigenvalue weighted by Gasteiger charge is -2.43. The Hall–Kier alpha value is -2.04. The van der Waals surface area contributed by atoms with E-state index in [2.05, 4.69) is 86.7 Å². The highest BCUT2D eigenvalue weighted by Crippen LogP contribution is 2.45. The zero-order valence-electron chi connectivity index (χ0n) is 19.3. The zero-order chi connectivity index (χ0) is 21.6. The van der Waals surface area contributed by atoms with Gasteiger partial charge in [0.25, 0.3) is 0 Å². The van der Waals surface area contributed by atoms with Gasteiger partial charge < -0.3 is 19.7 Å². The average Bonchev–Trinajstić information content (AvgIpc) is 2.77. The van der Waals surface area contributed by atoms with E-state index < -0.39 is 0 Å². The standard InChI is InChI=1S/C26H38N2O2/c1-20(2)25-18-26(15-17-30-25,23-8-6-7-9-24(23)29-5)14-16-27-19-21-10-12-22(13-11-21)28(3)4/h6-13,20,25,27H,14-19H2,1-5H3. The molecule has 0 radical (unpaired) electrons.